The number of aromatic amines is 1. The first-order valence-electron chi connectivity index (χ1n) is 8.92. The van der Waals surface area contributed by atoms with Crippen LogP contribution in [0.1, 0.15) is 36.0 Å². The molecule has 0 aliphatic heterocycles. The number of aromatic nitrogens is 4. The number of nitrogens with two attached hydrogens (primary N) is 1. The highest BCUT2D eigenvalue weighted by Gasteiger charge is 2.20. The highest BCUT2D eigenvalue weighted by molar-refractivity contribution is 5.89. The molecule has 0 atom stereocenters. The third kappa shape index (κ3) is 5.26. The maximum atomic E-state index is 11.0. The van der Waals surface area contributed by atoms with Crippen molar-refractivity contribution < 1.29 is 9.90 Å². The molecule has 0 saturated heterocycles. The summed E-state index contributed by atoms with van der Waals surface area (Å²) in [7, 11) is 0. The number of carbonyl (C=O) groups is 1. The molecule has 2 heterocycles. The van der Waals surface area contributed by atoms with Crippen molar-refractivity contribution in [2.75, 3.05) is 10.6 Å². The smallest absolute Gasteiger partial charge is 0.335 e. The first-order valence-corrected chi connectivity index (χ1v) is 8.92. The van der Waals surface area contributed by atoms with Crippen molar-refractivity contribution in [2.45, 2.75) is 37.8 Å². The van der Waals surface area contributed by atoms with Gasteiger partial charge in [0.2, 0.25) is 5.95 Å². The van der Waals surface area contributed by atoms with Crippen LogP contribution in [0.25, 0.3) is 11.2 Å². The fourth-order valence-corrected chi connectivity index (χ4v) is 3.27. The summed E-state index contributed by atoms with van der Waals surface area (Å²) in [5, 5.41) is 15.6. The average Bonchev–Trinajstić information content (AvgIpc) is 3.13. The lowest BCUT2D eigenvalue weighted by Gasteiger charge is -2.26. The van der Waals surface area contributed by atoms with Crippen LogP contribution in [0.15, 0.2) is 30.6 Å². The van der Waals surface area contributed by atoms with Gasteiger partial charge in [0, 0.05) is 17.8 Å². The summed E-state index contributed by atoms with van der Waals surface area (Å²) in [6.45, 7) is 0. The lowest BCUT2D eigenvalue weighted by Crippen LogP contribution is -2.33. The zero-order chi connectivity index (χ0) is 18.8. The van der Waals surface area contributed by atoms with Gasteiger partial charge in [-0.1, -0.05) is 0 Å². The number of hydrogen-bond acceptors (Lipinski definition) is 7. The molecule has 0 unspecified atom stereocenters. The first kappa shape index (κ1) is 22.7. The van der Waals surface area contributed by atoms with Gasteiger partial charge >= 0.3 is 5.97 Å². The van der Waals surface area contributed by atoms with Crippen molar-refractivity contribution in [1.29, 1.82) is 0 Å². The summed E-state index contributed by atoms with van der Waals surface area (Å²) in [6, 6.07) is 7.06. The Morgan fingerprint density at radius 2 is 1.79 bits per heavy atom. The summed E-state index contributed by atoms with van der Waals surface area (Å²) < 4.78 is 0. The van der Waals surface area contributed by atoms with Gasteiger partial charge in [-0.2, -0.15) is 9.97 Å². The lowest BCUT2D eigenvalue weighted by molar-refractivity contribution is 0.0697. The third-order valence-electron chi connectivity index (χ3n) is 4.79. The molecule has 0 bridgehead atoms. The van der Waals surface area contributed by atoms with Gasteiger partial charge in [0.15, 0.2) is 11.5 Å². The number of anilines is 3. The number of fused-ring (bicyclic) bond motifs is 1. The molecule has 1 fully saturated rings. The molecule has 1 aliphatic carbocycles. The Labute approximate surface area is 179 Å². The van der Waals surface area contributed by atoms with E-state index in [-0.39, 0.29) is 36.4 Å². The molecule has 0 spiro atoms. The Balaban J connectivity index is 0.00000150. The molecule has 1 aromatic carbocycles. The van der Waals surface area contributed by atoms with E-state index in [1.165, 1.54) is 0 Å². The van der Waals surface area contributed by atoms with E-state index in [0.29, 0.717) is 29.0 Å². The standard InChI is InChI=1S/C18H21N7O2.2ClH/c19-11-3-7-13(8-4-11)23-18-24-15-14(20-9-21-15)16(25-18)22-12-5-1-10(2-6-12)17(26)27;;/h1-2,5-6,9,11,13H,3-4,7-8,19H2,(H,26,27)(H3,20,21,22,23,24,25);2*1H. The Bertz CT molecular complexity index is 957. The van der Waals surface area contributed by atoms with Gasteiger partial charge in [-0.25, -0.2) is 9.78 Å². The number of carboxylic acids is 1. The highest BCUT2D eigenvalue weighted by atomic mass is 35.5. The molecule has 0 radical (unpaired) electrons. The van der Waals surface area contributed by atoms with E-state index >= 15 is 0 Å². The van der Waals surface area contributed by atoms with Gasteiger partial charge in [0.1, 0.15) is 5.52 Å². The number of hydrogen-bond donors (Lipinski definition) is 5. The number of carboxylic acid groups (broad SMARTS) is 1. The van der Waals surface area contributed by atoms with Gasteiger partial charge < -0.3 is 26.5 Å². The van der Waals surface area contributed by atoms with E-state index in [4.69, 9.17) is 10.8 Å². The van der Waals surface area contributed by atoms with Crippen LogP contribution in [0, 0.1) is 0 Å². The summed E-state index contributed by atoms with van der Waals surface area (Å²) in [5.74, 6) is 0.133. The van der Waals surface area contributed by atoms with E-state index in [0.717, 1.165) is 31.4 Å². The van der Waals surface area contributed by atoms with Gasteiger partial charge in [0.05, 0.1) is 11.9 Å². The summed E-state index contributed by atoms with van der Waals surface area (Å²) in [5.41, 5.74) is 8.17. The van der Waals surface area contributed by atoms with Crippen molar-refractivity contribution >= 4 is 59.4 Å². The zero-order valence-electron chi connectivity index (χ0n) is 15.5. The number of benzene rings is 1. The number of H-pyrrole nitrogens is 1. The Morgan fingerprint density at radius 1 is 1.10 bits per heavy atom. The predicted molar refractivity (Wildman–Crippen MR) is 117 cm³/mol. The maximum absolute atomic E-state index is 11.0. The maximum Gasteiger partial charge on any atom is 0.335 e. The van der Waals surface area contributed by atoms with Gasteiger partial charge in [-0.05, 0) is 49.9 Å². The molecule has 3 aromatic rings. The Morgan fingerprint density at radius 3 is 2.45 bits per heavy atom. The number of aromatic carboxylic acids is 1. The van der Waals surface area contributed by atoms with Gasteiger partial charge in [0.25, 0.3) is 0 Å². The van der Waals surface area contributed by atoms with E-state index in [1.54, 1.807) is 30.6 Å². The van der Waals surface area contributed by atoms with Crippen LogP contribution in [0.5, 0.6) is 0 Å². The molecule has 1 saturated carbocycles. The second kappa shape index (κ2) is 9.73. The van der Waals surface area contributed by atoms with Crippen LogP contribution in [0.2, 0.25) is 0 Å². The van der Waals surface area contributed by atoms with Crippen LogP contribution in [-0.2, 0) is 0 Å². The minimum atomic E-state index is -0.960. The normalized spacial score (nSPS) is 18.4. The lowest BCUT2D eigenvalue weighted by atomic mass is 9.92. The average molecular weight is 440 g/mol. The summed E-state index contributed by atoms with van der Waals surface area (Å²) >= 11 is 0. The molecule has 9 nitrogen and oxygen atoms in total. The first-order chi connectivity index (χ1) is 13.1. The van der Waals surface area contributed by atoms with Crippen molar-refractivity contribution in [2.24, 2.45) is 5.73 Å². The Kier molecular flexibility index (Phi) is 7.60. The summed E-state index contributed by atoms with van der Waals surface area (Å²) in [4.78, 5) is 27.3. The molecule has 2 aromatic heterocycles. The molecule has 1 aliphatic rings. The number of nitrogens with one attached hydrogen (secondary N) is 3. The highest BCUT2D eigenvalue weighted by Crippen LogP contribution is 2.25. The summed E-state index contributed by atoms with van der Waals surface area (Å²) in [6.07, 6.45) is 5.53. The molecule has 156 valence electrons. The number of imidazole rings is 1. The molecular formula is C18H23Cl2N7O2. The minimum Gasteiger partial charge on any atom is -0.478 e. The fourth-order valence-electron chi connectivity index (χ4n) is 3.27. The third-order valence-corrected chi connectivity index (χ3v) is 4.79. The second-order valence-electron chi connectivity index (χ2n) is 6.76. The molecular weight excluding hydrogens is 417 g/mol. The second-order valence-corrected chi connectivity index (χ2v) is 6.76. The molecule has 0 amide bonds. The quantitative estimate of drug-likeness (QED) is 0.407. The van der Waals surface area contributed by atoms with E-state index in [2.05, 4.69) is 30.6 Å². The fraction of sp³-hybridized carbons (Fsp3) is 0.333. The van der Waals surface area contributed by atoms with E-state index < -0.39 is 5.97 Å². The molecule has 4 rings (SSSR count). The number of nitrogens with zero attached hydrogens (tertiary/aromatic N) is 3. The Hall–Kier alpha value is -2.62. The van der Waals surface area contributed by atoms with Crippen LogP contribution in [0.3, 0.4) is 0 Å². The minimum absolute atomic E-state index is 0. The van der Waals surface area contributed by atoms with Crippen molar-refractivity contribution in [3.05, 3.63) is 36.2 Å². The van der Waals surface area contributed by atoms with Crippen LogP contribution in [0.4, 0.5) is 17.5 Å². The molecule has 11 heteroatoms. The van der Waals surface area contributed by atoms with Gasteiger partial charge in [-0.3, -0.25) is 0 Å². The number of rotatable bonds is 5. The van der Waals surface area contributed by atoms with E-state index in [9.17, 15) is 4.79 Å². The SMILES string of the molecule is Cl.Cl.NC1CCC(Nc2nc(Nc3ccc(C(=O)O)cc3)c3[nH]cnc3n2)CC1. The van der Waals surface area contributed by atoms with Crippen LogP contribution in [-0.4, -0.2) is 43.1 Å². The van der Waals surface area contributed by atoms with Crippen molar-refractivity contribution in [1.82, 2.24) is 19.9 Å². The largest absolute Gasteiger partial charge is 0.478 e. The molecule has 29 heavy (non-hydrogen) atoms. The van der Waals surface area contributed by atoms with Crippen LogP contribution >= 0.6 is 24.8 Å². The molecule has 6 N–H and O–H groups in total. The van der Waals surface area contributed by atoms with Crippen molar-refractivity contribution in [3.8, 4) is 0 Å². The van der Waals surface area contributed by atoms with Gasteiger partial charge in [-0.15, -0.1) is 24.8 Å². The monoisotopic (exact) mass is 439 g/mol. The van der Waals surface area contributed by atoms with Crippen LogP contribution < -0.4 is 16.4 Å². The zero-order valence-corrected chi connectivity index (χ0v) is 17.1. The van der Waals surface area contributed by atoms with Crippen molar-refractivity contribution in [3.63, 3.8) is 0 Å². The van der Waals surface area contributed by atoms with E-state index in [1.807, 2.05) is 0 Å². The topological polar surface area (TPSA) is 142 Å². The predicted octanol–water partition coefficient (Wildman–Crippen LogP) is 3.32. The number of halogens is 2.